The van der Waals surface area contributed by atoms with E-state index in [-0.39, 0.29) is 0 Å². The molecule has 2 aromatic rings. The van der Waals surface area contributed by atoms with E-state index in [1.165, 1.54) is 9.88 Å². The number of benzene rings is 1. The zero-order valence-electron chi connectivity index (χ0n) is 11.5. The second-order valence-electron chi connectivity index (χ2n) is 5.10. The third-order valence-electron chi connectivity index (χ3n) is 3.24. The van der Waals surface area contributed by atoms with E-state index in [4.69, 9.17) is 9.72 Å². The highest BCUT2D eigenvalue weighted by molar-refractivity contribution is 7.12. The molecule has 3 rings (SSSR count). The zero-order chi connectivity index (χ0) is 13.4. The summed E-state index contributed by atoms with van der Waals surface area (Å²) in [6.45, 7) is 8.11. The molecule has 3 nitrogen and oxygen atoms in total. The molecule has 0 saturated heterocycles. The van der Waals surface area contributed by atoms with Crippen LogP contribution in [0.4, 0.5) is 5.69 Å². The summed E-state index contributed by atoms with van der Waals surface area (Å²) >= 11 is 1.79. The van der Waals surface area contributed by atoms with Crippen LogP contribution in [0.5, 0.6) is 5.75 Å². The molecule has 0 atom stereocenters. The Balaban J connectivity index is 2.02. The van der Waals surface area contributed by atoms with E-state index in [9.17, 15) is 0 Å². The first-order chi connectivity index (χ1) is 9.15. The van der Waals surface area contributed by atoms with Crippen molar-refractivity contribution in [1.82, 2.24) is 4.98 Å². The third-order valence-corrected chi connectivity index (χ3v) is 4.51. The lowest BCUT2D eigenvalue weighted by Gasteiger charge is -2.19. The first-order valence-corrected chi connectivity index (χ1v) is 7.45. The number of rotatable bonds is 2. The maximum Gasteiger partial charge on any atom is 0.142 e. The molecule has 0 amide bonds. The minimum absolute atomic E-state index is 0.483. The van der Waals surface area contributed by atoms with Crippen molar-refractivity contribution >= 4 is 17.0 Å². The molecule has 19 heavy (non-hydrogen) atoms. The number of aromatic nitrogens is 1. The van der Waals surface area contributed by atoms with E-state index in [0.29, 0.717) is 5.92 Å². The van der Waals surface area contributed by atoms with Crippen molar-refractivity contribution in [2.24, 2.45) is 0 Å². The summed E-state index contributed by atoms with van der Waals surface area (Å²) in [5.41, 5.74) is 3.34. The number of nitrogens with one attached hydrogen (secondary N) is 1. The minimum Gasteiger partial charge on any atom is -0.490 e. The smallest absolute Gasteiger partial charge is 0.142 e. The molecule has 1 N–H and O–H groups in total. The van der Waals surface area contributed by atoms with E-state index in [1.807, 2.05) is 6.07 Å². The average Bonchev–Trinajstić information content (AvgIpc) is 2.80. The van der Waals surface area contributed by atoms with E-state index < -0.39 is 0 Å². The molecule has 0 bridgehead atoms. The molecule has 1 aromatic heterocycles. The first kappa shape index (κ1) is 12.5. The Kier molecular flexibility index (Phi) is 3.19. The lowest BCUT2D eigenvalue weighted by Crippen LogP contribution is -2.17. The monoisotopic (exact) mass is 274 g/mol. The van der Waals surface area contributed by atoms with Gasteiger partial charge in [-0.05, 0) is 25.1 Å². The zero-order valence-corrected chi connectivity index (χ0v) is 12.3. The van der Waals surface area contributed by atoms with Crippen LogP contribution in [-0.2, 0) is 0 Å². The van der Waals surface area contributed by atoms with E-state index in [2.05, 4.69) is 38.2 Å². The highest BCUT2D eigenvalue weighted by Gasteiger charge is 2.15. The van der Waals surface area contributed by atoms with E-state index >= 15 is 0 Å². The van der Waals surface area contributed by atoms with Crippen molar-refractivity contribution in [1.29, 1.82) is 0 Å². The molecule has 100 valence electrons. The Labute approximate surface area is 117 Å². The van der Waals surface area contributed by atoms with Gasteiger partial charge in [-0.1, -0.05) is 13.8 Å². The van der Waals surface area contributed by atoms with Crippen LogP contribution in [0.2, 0.25) is 0 Å². The minimum atomic E-state index is 0.483. The number of hydrogen-bond donors (Lipinski definition) is 1. The van der Waals surface area contributed by atoms with Crippen molar-refractivity contribution in [3.8, 4) is 17.0 Å². The van der Waals surface area contributed by atoms with Gasteiger partial charge in [-0.15, -0.1) is 11.3 Å². The number of thiazole rings is 1. The molecule has 1 aliphatic heterocycles. The summed E-state index contributed by atoms with van der Waals surface area (Å²) in [6, 6.07) is 6.27. The van der Waals surface area contributed by atoms with Gasteiger partial charge in [0.15, 0.2) is 0 Å². The van der Waals surface area contributed by atoms with Crippen LogP contribution in [-0.4, -0.2) is 18.1 Å². The van der Waals surface area contributed by atoms with Crippen LogP contribution < -0.4 is 10.1 Å². The predicted octanol–water partition coefficient (Wildman–Crippen LogP) is 4.05. The van der Waals surface area contributed by atoms with Gasteiger partial charge in [-0.2, -0.15) is 0 Å². The van der Waals surface area contributed by atoms with Crippen molar-refractivity contribution in [2.45, 2.75) is 26.7 Å². The van der Waals surface area contributed by atoms with Crippen LogP contribution >= 0.6 is 11.3 Å². The fourth-order valence-corrected chi connectivity index (χ4v) is 3.17. The maximum atomic E-state index is 5.61. The molecular formula is C15H18N2OS. The highest BCUT2D eigenvalue weighted by Crippen LogP contribution is 2.35. The number of fused-ring (bicyclic) bond motifs is 1. The third kappa shape index (κ3) is 2.32. The van der Waals surface area contributed by atoms with Gasteiger partial charge >= 0.3 is 0 Å². The Morgan fingerprint density at radius 3 is 2.95 bits per heavy atom. The first-order valence-electron chi connectivity index (χ1n) is 6.63. The molecule has 0 fully saturated rings. The second kappa shape index (κ2) is 4.85. The Hall–Kier alpha value is -1.55. The number of hydrogen-bond acceptors (Lipinski definition) is 4. The van der Waals surface area contributed by atoms with Crippen LogP contribution in [0.15, 0.2) is 18.2 Å². The number of nitrogens with zero attached hydrogens (tertiary/aromatic N) is 1. The largest absolute Gasteiger partial charge is 0.490 e. The van der Waals surface area contributed by atoms with Crippen LogP contribution in [0.25, 0.3) is 11.3 Å². The van der Waals surface area contributed by atoms with Gasteiger partial charge in [0.1, 0.15) is 12.4 Å². The second-order valence-corrected chi connectivity index (χ2v) is 6.33. The van der Waals surface area contributed by atoms with Gasteiger partial charge in [0.2, 0.25) is 0 Å². The fourth-order valence-electron chi connectivity index (χ4n) is 2.22. The van der Waals surface area contributed by atoms with Gasteiger partial charge in [0.05, 0.1) is 16.4 Å². The van der Waals surface area contributed by atoms with Gasteiger partial charge < -0.3 is 10.1 Å². The fraction of sp³-hybridized carbons (Fsp3) is 0.400. The molecule has 0 aliphatic carbocycles. The van der Waals surface area contributed by atoms with Crippen LogP contribution in [0.1, 0.15) is 29.7 Å². The lowest BCUT2D eigenvalue weighted by molar-refractivity contribution is 0.323. The van der Waals surface area contributed by atoms with Gasteiger partial charge in [0, 0.05) is 22.9 Å². The van der Waals surface area contributed by atoms with Gasteiger partial charge in [0.25, 0.3) is 0 Å². The summed E-state index contributed by atoms with van der Waals surface area (Å²) in [5, 5.41) is 4.58. The summed E-state index contributed by atoms with van der Waals surface area (Å²) in [6.07, 6.45) is 0. The van der Waals surface area contributed by atoms with Crippen molar-refractivity contribution in [3.05, 3.63) is 28.1 Å². The van der Waals surface area contributed by atoms with Crippen LogP contribution in [0, 0.1) is 6.92 Å². The molecule has 0 spiro atoms. The van der Waals surface area contributed by atoms with E-state index in [0.717, 1.165) is 35.8 Å². The Bertz CT molecular complexity index is 604. The maximum absolute atomic E-state index is 5.61. The summed E-state index contributed by atoms with van der Waals surface area (Å²) in [4.78, 5) is 6.06. The molecule has 1 aliphatic rings. The Morgan fingerprint density at radius 2 is 2.21 bits per heavy atom. The lowest BCUT2D eigenvalue weighted by atomic mass is 10.1. The quantitative estimate of drug-likeness (QED) is 0.897. The van der Waals surface area contributed by atoms with E-state index in [1.54, 1.807) is 11.3 Å². The number of ether oxygens (including phenoxy) is 1. The molecule has 4 heteroatoms. The SMILES string of the molecule is Cc1sc(C(C)C)nc1-c1ccc2c(c1)NCCO2. The average molecular weight is 274 g/mol. The summed E-state index contributed by atoms with van der Waals surface area (Å²) in [5.74, 6) is 1.42. The molecule has 0 saturated carbocycles. The molecule has 0 unspecified atom stereocenters. The normalized spacial score (nSPS) is 13.9. The molecule has 1 aromatic carbocycles. The molecule has 2 heterocycles. The standard InChI is InChI=1S/C15H18N2OS/c1-9(2)15-17-14(10(3)19-15)11-4-5-13-12(8-11)16-6-7-18-13/h4-5,8-9,16H,6-7H2,1-3H3. The Morgan fingerprint density at radius 1 is 1.37 bits per heavy atom. The number of aryl methyl sites for hydroxylation is 1. The van der Waals surface area contributed by atoms with Crippen LogP contribution in [0.3, 0.4) is 0 Å². The van der Waals surface area contributed by atoms with Crippen molar-refractivity contribution < 1.29 is 4.74 Å². The highest BCUT2D eigenvalue weighted by atomic mass is 32.1. The molecule has 0 radical (unpaired) electrons. The summed E-state index contributed by atoms with van der Waals surface area (Å²) < 4.78 is 5.61. The predicted molar refractivity (Wildman–Crippen MR) is 80.4 cm³/mol. The van der Waals surface area contributed by atoms with Crippen molar-refractivity contribution in [2.75, 3.05) is 18.5 Å². The van der Waals surface area contributed by atoms with Crippen molar-refractivity contribution in [3.63, 3.8) is 0 Å². The number of anilines is 1. The molecular weight excluding hydrogens is 256 g/mol. The van der Waals surface area contributed by atoms with Gasteiger partial charge in [-0.3, -0.25) is 0 Å². The summed E-state index contributed by atoms with van der Waals surface area (Å²) in [7, 11) is 0. The van der Waals surface area contributed by atoms with Gasteiger partial charge in [-0.25, -0.2) is 4.98 Å². The topological polar surface area (TPSA) is 34.2 Å².